The zero-order valence-corrected chi connectivity index (χ0v) is 20.4. The molecule has 2 aromatic rings. The van der Waals surface area contributed by atoms with E-state index in [2.05, 4.69) is 10.6 Å². The molecule has 184 valence electrons. The summed E-state index contributed by atoms with van der Waals surface area (Å²) in [7, 11) is 0. The Bertz CT molecular complexity index is 1090. The molecule has 0 bridgehead atoms. The fourth-order valence-electron chi connectivity index (χ4n) is 4.77. The number of halogens is 4. The van der Waals surface area contributed by atoms with Crippen LogP contribution in [0.4, 0.5) is 8.78 Å². The Morgan fingerprint density at radius 1 is 1.26 bits per heavy atom. The fraction of sp³-hybridized carbons (Fsp3) is 0.458. The summed E-state index contributed by atoms with van der Waals surface area (Å²) in [5, 5.41) is 6.03. The molecule has 34 heavy (non-hydrogen) atoms. The maximum atomic E-state index is 15.2. The second-order valence-electron chi connectivity index (χ2n) is 9.17. The highest BCUT2D eigenvalue weighted by molar-refractivity contribution is 6.31. The first-order valence-corrected chi connectivity index (χ1v) is 11.8. The van der Waals surface area contributed by atoms with Crippen LogP contribution in [0.25, 0.3) is 0 Å². The van der Waals surface area contributed by atoms with Crippen LogP contribution >= 0.6 is 23.2 Å². The maximum Gasteiger partial charge on any atom is 0.237 e. The minimum absolute atomic E-state index is 0.0357. The van der Waals surface area contributed by atoms with Gasteiger partial charge in [0.1, 0.15) is 11.6 Å². The van der Waals surface area contributed by atoms with E-state index in [1.54, 1.807) is 6.07 Å². The van der Waals surface area contributed by atoms with Gasteiger partial charge in [-0.15, -0.1) is 0 Å². The topological polar surface area (TPSA) is 85.6 Å². The van der Waals surface area contributed by atoms with Gasteiger partial charge in [0.25, 0.3) is 0 Å². The van der Waals surface area contributed by atoms with Crippen LogP contribution in [-0.4, -0.2) is 43.5 Å². The third-order valence-corrected chi connectivity index (χ3v) is 6.89. The summed E-state index contributed by atoms with van der Waals surface area (Å²) in [6, 6.07) is 7.70. The van der Waals surface area contributed by atoms with Gasteiger partial charge >= 0.3 is 0 Å². The predicted molar refractivity (Wildman–Crippen MR) is 126 cm³/mol. The normalized spacial score (nSPS) is 28.3. The monoisotopic (exact) mass is 513 g/mol. The maximum absolute atomic E-state index is 15.2. The summed E-state index contributed by atoms with van der Waals surface area (Å²) < 4.78 is 41.4. The Morgan fingerprint density at radius 2 is 2.03 bits per heavy atom. The van der Waals surface area contributed by atoms with Gasteiger partial charge in [0, 0.05) is 29.6 Å². The largest absolute Gasteiger partial charge is 0.355 e. The molecule has 10 heteroatoms. The van der Waals surface area contributed by atoms with E-state index < -0.39 is 34.9 Å². The second kappa shape index (κ2) is 9.68. The van der Waals surface area contributed by atoms with Gasteiger partial charge in [0.15, 0.2) is 5.79 Å². The van der Waals surface area contributed by atoms with E-state index in [1.807, 2.05) is 13.8 Å². The molecule has 0 unspecified atom stereocenters. The van der Waals surface area contributed by atoms with Crippen LogP contribution in [0.2, 0.25) is 10.0 Å². The molecule has 2 heterocycles. The number of rotatable bonds is 6. The molecule has 4 atom stereocenters. The van der Waals surface area contributed by atoms with Crippen molar-refractivity contribution in [3.8, 4) is 0 Å². The van der Waals surface area contributed by atoms with Gasteiger partial charge in [-0.2, -0.15) is 0 Å². The first-order valence-electron chi connectivity index (χ1n) is 11.0. The Balaban J connectivity index is 1.60. The number of hydrogen-bond donors (Lipinski definition) is 3. The van der Waals surface area contributed by atoms with Crippen LogP contribution in [0.3, 0.4) is 0 Å². The van der Waals surface area contributed by atoms with Crippen molar-refractivity contribution in [2.24, 2.45) is 5.73 Å². The van der Waals surface area contributed by atoms with Crippen molar-refractivity contribution in [2.75, 3.05) is 19.7 Å². The summed E-state index contributed by atoms with van der Waals surface area (Å²) >= 11 is 12.0. The molecular weight excluding hydrogens is 487 g/mol. The van der Waals surface area contributed by atoms with Gasteiger partial charge in [-0.05, 0) is 44.0 Å². The number of hydrogen-bond acceptors (Lipinski definition) is 5. The van der Waals surface area contributed by atoms with E-state index in [-0.39, 0.29) is 39.7 Å². The molecular formula is C24H27Cl2F2N3O3. The fourth-order valence-corrected chi connectivity index (χ4v) is 5.11. The Morgan fingerprint density at radius 3 is 2.71 bits per heavy atom. The van der Waals surface area contributed by atoms with Gasteiger partial charge < -0.3 is 25.8 Å². The van der Waals surface area contributed by atoms with Crippen LogP contribution in [0.1, 0.15) is 37.3 Å². The lowest BCUT2D eigenvalue weighted by Crippen LogP contribution is -2.48. The van der Waals surface area contributed by atoms with Crippen molar-refractivity contribution >= 4 is 29.1 Å². The lowest BCUT2D eigenvalue weighted by atomic mass is 9.74. The minimum atomic E-state index is -1.44. The first-order chi connectivity index (χ1) is 16.0. The summed E-state index contributed by atoms with van der Waals surface area (Å²) in [6.07, 6.45) is 0.391. The van der Waals surface area contributed by atoms with Crippen molar-refractivity contribution in [3.63, 3.8) is 0 Å². The van der Waals surface area contributed by atoms with Crippen molar-refractivity contribution in [2.45, 2.75) is 49.7 Å². The molecule has 4 N–H and O–H groups in total. The molecule has 6 nitrogen and oxygen atoms in total. The predicted octanol–water partition coefficient (Wildman–Crippen LogP) is 3.84. The summed E-state index contributed by atoms with van der Waals surface area (Å²) in [6.45, 7) is 4.44. The smallest absolute Gasteiger partial charge is 0.237 e. The number of nitrogens with one attached hydrogen (secondary N) is 2. The minimum Gasteiger partial charge on any atom is -0.355 e. The SMILES string of the molecule is CC1(C)OC[C@H](CCNC(=O)[C@@H]2NC[C@](N)(c3ccc(Cl)cc3F)[C@H]2c2cccc(Cl)c2F)O1. The van der Waals surface area contributed by atoms with Crippen LogP contribution in [0.15, 0.2) is 36.4 Å². The number of carbonyl (C=O) groups is 1. The van der Waals surface area contributed by atoms with E-state index in [4.69, 9.17) is 38.4 Å². The Kier molecular flexibility index (Phi) is 7.20. The molecule has 2 saturated heterocycles. The number of ether oxygens (including phenoxy) is 2. The van der Waals surface area contributed by atoms with Crippen molar-refractivity contribution in [1.82, 2.24) is 10.6 Å². The molecule has 0 radical (unpaired) electrons. The third kappa shape index (κ3) is 4.94. The Labute approximate surface area is 207 Å². The van der Waals surface area contributed by atoms with Gasteiger partial charge in [0.2, 0.25) is 5.91 Å². The van der Waals surface area contributed by atoms with E-state index in [1.165, 1.54) is 24.3 Å². The van der Waals surface area contributed by atoms with Crippen molar-refractivity contribution < 1.29 is 23.0 Å². The lowest BCUT2D eigenvalue weighted by Gasteiger charge is -2.34. The van der Waals surface area contributed by atoms with Crippen molar-refractivity contribution in [3.05, 3.63) is 69.2 Å². The molecule has 0 saturated carbocycles. The second-order valence-corrected chi connectivity index (χ2v) is 10.0. The van der Waals surface area contributed by atoms with Crippen LogP contribution < -0.4 is 16.4 Å². The van der Waals surface area contributed by atoms with Gasteiger partial charge in [-0.25, -0.2) is 8.78 Å². The van der Waals surface area contributed by atoms with E-state index >= 15 is 4.39 Å². The molecule has 2 aromatic carbocycles. The molecule has 2 fully saturated rings. The zero-order valence-electron chi connectivity index (χ0n) is 18.8. The number of amides is 1. The highest BCUT2D eigenvalue weighted by Crippen LogP contribution is 2.44. The number of benzene rings is 2. The number of nitrogens with two attached hydrogens (primary N) is 1. The molecule has 0 aliphatic carbocycles. The van der Waals surface area contributed by atoms with Crippen LogP contribution in [-0.2, 0) is 19.8 Å². The van der Waals surface area contributed by atoms with Crippen LogP contribution in [0, 0.1) is 11.6 Å². The van der Waals surface area contributed by atoms with Crippen LogP contribution in [0.5, 0.6) is 0 Å². The first kappa shape index (κ1) is 25.3. The number of carbonyl (C=O) groups excluding carboxylic acids is 1. The van der Waals surface area contributed by atoms with Crippen molar-refractivity contribution in [1.29, 1.82) is 0 Å². The van der Waals surface area contributed by atoms with Gasteiger partial charge in [0.05, 0.1) is 29.3 Å². The third-order valence-electron chi connectivity index (χ3n) is 6.37. The quantitative estimate of drug-likeness (QED) is 0.546. The lowest BCUT2D eigenvalue weighted by molar-refractivity contribution is -0.138. The summed E-state index contributed by atoms with van der Waals surface area (Å²) in [5.41, 5.74) is 5.56. The Hall–Kier alpha value is -1.81. The van der Waals surface area contributed by atoms with E-state index in [0.717, 1.165) is 6.07 Å². The highest BCUT2D eigenvalue weighted by atomic mass is 35.5. The molecule has 4 rings (SSSR count). The summed E-state index contributed by atoms with van der Waals surface area (Å²) in [5.74, 6) is -3.31. The van der Waals surface area contributed by atoms with Gasteiger partial charge in [-0.3, -0.25) is 4.79 Å². The van der Waals surface area contributed by atoms with Gasteiger partial charge in [-0.1, -0.05) is 41.4 Å². The average molecular weight is 514 g/mol. The molecule has 2 aliphatic rings. The highest BCUT2D eigenvalue weighted by Gasteiger charge is 2.52. The molecule has 1 amide bonds. The average Bonchev–Trinajstić information content (AvgIpc) is 3.29. The standard InChI is InChI=1S/C24H27Cl2F2N3O3/c1-23(2)33-11-14(34-23)8-9-30-22(32)21-19(15-4-3-5-17(26)20(15)28)24(29,12-31-21)16-7-6-13(25)10-18(16)27/h3-7,10,14,19,21,31H,8-9,11-12,29H2,1-2H3,(H,30,32)/t14-,19-,21+,24-/m0/s1. The molecule has 2 aliphatic heterocycles. The van der Waals surface area contributed by atoms with E-state index in [9.17, 15) is 9.18 Å². The zero-order chi connectivity index (χ0) is 24.7. The molecule has 0 spiro atoms. The molecule has 0 aromatic heterocycles. The van der Waals surface area contributed by atoms with E-state index in [0.29, 0.717) is 19.6 Å². The summed E-state index contributed by atoms with van der Waals surface area (Å²) in [4.78, 5) is 13.2.